The van der Waals surface area contributed by atoms with Crippen LogP contribution in [0, 0.1) is 12.8 Å². The number of fused-ring (bicyclic) bond motifs is 1. The molecule has 2 N–H and O–H groups in total. The van der Waals surface area contributed by atoms with Gasteiger partial charge in [-0.2, -0.15) is 0 Å². The minimum absolute atomic E-state index is 0.124. The maximum atomic E-state index is 6.20. The number of ether oxygens (including phenoxy) is 1. The Bertz CT molecular complexity index is 373. The predicted octanol–water partition coefficient (Wildman–Crippen LogP) is 2.59. The van der Waals surface area contributed by atoms with Gasteiger partial charge in [0.2, 0.25) is 0 Å². The lowest BCUT2D eigenvalue weighted by atomic mass is 9.89. The van der Waals surface area contributed by atoms with Crippen LogP contribution in [-0.2, 0) is 6.42 Å². The quantitative estimate of drug-likeness (QED) is 0.764. The van der Waals surface area contributed by atoms with Gasteiger partial charge >= 0.3 is 0 Å². The first-order valence-corrected chi connectivity index (χ1v) is 5.65. The van der Waals surface area contributed by atoms with E-state index in [4.69, 9.17) is 10.5 Å². The first-order chi connectivity index (χ1) is 7.13. The summed E-state index contributed by atoms with van der Waals surface area (Å²) >= 11 is 0. The summed E-state index contributed by atoms with van der Waals surface area (Å²) in [5.74, 6) is 1.42. The summed E-state index contributed by atoms with van der Waals surface area (Å²) in [6.07, 6.45) is 1.05. The van der Waals surface area contributed by atoms with Crippen LogP contribution >= 0.6 is 0 Å². The van der Waals surface area contributed by atoms with Crippen molar-refractivity contribution in [2.24, 2.45) is 11.7 Å². The minimum Gasteiger partial charge on any atom is -0.493 e. The van der Waals surface area contributed by atoms with Gasteiger partial charge in [-0.1, -0.05) is 26.0 Å². The Balaban J connectivity index is 2.51. The summed E-state index contributed by atoms with van der Waals surface area (Å²) in [6, 6.07) is 4.52. The molecule has 0 aliphatic carbocycles. The maximum Gasteiger partial charge on any atom is 0.127 e. The summed E-state index contributed by atoms with van der Waals surface area (Å²) in [7, 11) is 0. The van der Waals surface area contributed by atoms with Crippen LogP contribution in [-0.4, -0.2) is 6.61 Å². The lowest BCUT2D eigenvalue weighted by Crippen LogP contribution is -2.29. The molecular weight excluding hydrogens is 186 g/mol. The lowest BCUT2D eigenvalue weighted by molar-refractivity contribution is 0.206. The molecule has 1 aromatic carbocycles. The van der Waals surface area contributed by atoms with E-state index in [-0.39, 0.29) is 6.04 Å². The molecule has 0 saturated heterocycles. The van der Waals surface area contributed by atoms with Gasteiger partial charge < -0.3 is 10.5 Å². The third kappa shape index (κ3) is 1.74. The molecule has 0 aromatic heterocycles. The molecular formula is C13H19NO. The Labute approximate surface area is 91.4 Å². The molecule has 1 heterocycles. The van der Waals surface area contributed by atoms with Gasteiger partial charge in [-0.3, -0.25) is 0 Å². The molecule has 1 aromatic rings. The minimum atomic E-state index is 0.124. The van der Waals surface area contributed by atoms with Crippen molar-refractivity contribution >= 4 is 0 Å². The van der Waals surface area contributed by atoms with Gasteiger partial charge in [-0.05, 0) is 24.5 Å². The number of aryl methyl sites for hydroxylation is 2. The van der Waals surface area contributed by atoms with Crippen LogP contribution in [0.3, 0.4) is 0 Å². The molecule has 0 radical (unpaired) electrons. The SMILES string of the molecule is CCc1cc(C)c2c(c1)C(N)C(C)CO2. The number of hydrogen-bond donors (Lipinski definition) is 1. The molecule has 2 nitrogen and oxygen atoms in total. The summed E-state index contributed by atoms with van der Waals surface area (Å²) in [4.78, 5) is 0. The van der Waals surface area contributed by atoms with Gasteiger partial charge in [0.25, 0.3) is 0 Å². The van der Waals surface area contributed by atoms with Crippen LogP contribution < -0.4 is 10.5 Å². The Morgan fingerprint density at radius 2 is 2.20 bits per heavy atom. The van der Waals surface area contributed by atoms with Crippen molar-refractivity contribution in [1.29, 1.82) is 0 Å². The van der Waals surface area contributed by atoms with Gasteiger partial charge in [0, 0.05) is 17.5 Å². The second kappa shape index (κ2) is 3.86. The van der Waals surface area contributed by atoms with Crippen molar-refractivity contribution in [3.05, 3.63) is 28.8 Å². The topological polar surface area (TPSA) is 35.2 Å². The highest BCUT2D eigenvalue weighted by Gasteiger charge is 2.26. The molecule has 0 fully saturated rings. The third-order valence-electron chi connectivity index (χ3n) is 3.23. The third-order valence-corrected chi connectivity index (χ3v) is 3.23. The standard InChI is InChI=1S/C13H19NO/c1-4-10-5-8(2)13-11(6-10)12(14)9(3)7-15-13/h5-6,9,12H,4,7,14H2,1-3H3. The molecule has 0 amide bonds. The van der Waals surface area contributed by atoms with Crippen molar-refractivity contribution in [2.45, 2.75) is 33.2 Å². The molecule has 1 aliphatic rings. The molecule has 0 bridgehead atoms. The predicted molar refractivity (Wildman–Crippen MR) is 62.1 cm³/mol. The van der Waals surface area contributed by atoms with Gasteiger partial charge in [0.1, 0.15) is 5.75 Å². The van der Waals surface area contributed by atoms with E-state index < -0.39 is 0 Å². The van der Waals surface area contributed by atoms with E-state index in [1.54, 1.807) is 0 Å². The largest absolute Gasteiger partial charge is 0.493 e. The summed E-state index contributed by atoms with van der Waals surface area (Å²) < 4.78 is 5.76. The van der Waals surface area contributed by atoms with Crippen molar-refractivity contribution in [3.63, 3.8) is 0 Å². The average molecular weight is 205 g/mol. The molecule has 2 atom stereocenters. The second-order valence-corrected chi connectivity index (χ2v) is 4.50. The highest BCUT2D eigenvalue weighted by molar-refractivity contribution is 5.47. The number of benzene rings is 1. The number of nitrogens with two attached hydrogens (primary N) is 1. The molecule has 2 unspecified atom stereocenters. The Kier molecular flexibility index (Phi) is 2.70. The van der Waals surface area contributed by atoms with E-state index >= 15 is 0 Å². The van der Waals surface area contributed by atoms with Crippen LogP contribution in [0.5, 0.6) is 5.75 Å². The van der Waals surface area contributed by atoms with Crippen molar-refractivity contribution in [3.8, 4) is 5.75 Å². The first kappa shape index (κ1) is 10.5. The van der Waals surface area contributed by atoms with E-state index in [1.165, 1.54) is 16.7 Å². The summed E-state index contributed by atoms with van der Waals surface area (Å²) in [5, 5.41) is 0. The molecule has 2 heteroatoms. The normalized spacial score (nSPS) is 24.5. The fourth-order valence-electron chi connectivity index (χ4n) is 2.15. The highest BCUT2D eigenvalue weighted by Crippen LogP contribution is 2.37. The van der Waals surface area contributed by atoms with Crippen LogP contribution in [0.1, 0.15) is 36.6 Å². The van der Waals surface area contributed by atoms with E-state index in [1.807, 2.05) is 0 Å². The number of rotatable bonds is 1. The monoisotopic (exact) mass is 205 g/mol. The molecule has 2 rings (SSSR count). The van der Waals surface area contributed by atoms with E-state index in [9.17, 15) is 0 Å². The second-order valence-electron chi connectivity index (χ2n) is 4.50. The molecule has 82 valence electrons. The van der Waals surface area contributed by atoms with E-state index in [0.717, 1.165) is 18.8 Å². The molecule has 15 heavy (non-hydrogen) atoms. The number of hydrogen-bond acceptors (Lipinski definition) is 2. The van der Waals surface area contributed by atoms with Gasteiger partial charge in [-0.15, -0.1) is 0 Å². The zero-order chi connectivity index (χ0) is 11.0. The molecule has 1 aliphatic heterocycles. The van der Waals surface area contributed by atoms with Gasteiger partial charge in [0.15, 0.2) is 0 Å². The fourth-order valence-corrected chi connectivity index (χ4v) is 2.15. The Morgan fingerprint density at radius 1 is 1.47 bits per heavy atom. The van der Waals surface area contributed by atoms with Gasteiger partial charge in [0.05, 0.1) is 6.61 Å². The van der Waals surface area contributed by atoms with Crippen molar-refractivity contribution in [1.82, 2.24) is 0 Å². The van der Waals surface area contributed by atoms with Crippen LogP contribution in [0.2, 0.25) is 0 Å². The smallest absolute Gasteiger partial charge is 0.127 e. The Hall–Kier alpha value is -1.02. The van der Waals surface area contributed by atoms with E-state index in [2.05, 4.69) is 32.9 Å². The van der Waals surface area contributed by atoms with Crippen molar-refractivity contribution in [2.75, 3.05) is 6.61 Å². The highest BCUT2D eigenvalue weighted by atomic mass is 16.5. The van der Waals surface area contributed by atoms with Crippen LogP contribution in [0.15, 0.2) is 12.1 Å². The van der Waals surface area contributed by atoms with Crippen LogP contribution in [0.4, 0.5) is 0 Å². The molecule has 0 saturated carbocycles. The summed E-state index contributed by atoms with van der Waals surface area (Å²) in [5.41, 5.74) is 9.95. The first-order valence-electron chi connectivity index (χ1n) is 5.65. The van der Waals surface area contributed by atoms with Gasteiger partial charge in [-0.25, -0.2) is 0 Å². The fraction of sp³-hybridized carbons (Fsp3) is 0.538. The average Bonchev–Trinajstić information content (AvgIpc) is 2.23. The summed E-state index contributed by atoms with van der Waals surface area (Å²) in [6.45, 7) is 7.14. The zero-order valence-corrected chi connectivity index (χ0v) is 9.71. The van der Waals surface area contributed by atoms with Crippen molar-refractivity contribution < 1.29 is 4.74 Å². The maximum absolute atomic E-state index is 6.20. The molecule has 0 spiro atoms. The van der Waals surface area contributed by atoms with E-state index in [0.29, 0.717) is 5.92 Å². The van der Waals surface area contributed by atoms with Crippen LogP contribution in [0.25, 0.3) is 0 Å². The lowest BCUT2D eigenvalue weighted by Gasteiger charge is -2.30. The zero-order valence-electron chi connectivity index (χ0n) is 9.71. The Morgan fingerprint density at radius 3 is 2.87 bits per heavy atom.